The highest BCUT2D eigenvalue weighted by Gasteiger charge is 2.31. The van der Waals surface area contributed by atoms with E-state index in [0.717, 1.165) is 17.5 Å². The van der Waals surface area contributed by atoms with E-state index in [1.165, 1.54) is 12.8 Å². The maximum Gasteiger partial charge on any atom is 0.272 e. The number of aryl methyl sites for hydroxylation is 1. The second kappa shape index (κ2) is 4.84. The van der Waals surface area contributed by atoms with Gasteiger partial charge in [-0.2, -0.15) is 0 Å². The van der Waals surface area contributed by atoms with Crippen molar-refractivity contribution in [2.24, 2.45) is 5.92 Å². The summed E-state index contributed by atoms with van der Waals surface area (Å²) in [6.07, 6.45) is 3.24. The van der Waals surface area contributed by atoms with E-state index in [1.54, 1.807) is 12.1 Å². The normalized spacial score (nSPS) is 16.8. The van der Waals surface area contributed by atoms with Crippen LogP contribution in [-0.2, 0) is 6.42 Å². The van der Waals surface area contributed by atoms with Gasteiger partial charge in [-0.15, -0.1) is 0 Å². The van der Waals surface area contributed by atoms with Crippen LogP contribution in [0.3, 0.4) is 0 Å². The van der Waals surface area contributed by atoms with Crippen molar-refractivity contribution in [2.45, 2.75) is 32.2 Å². The minimum absolute atomic E-state index is 0.255. The Morgan fingerprint density at radius 3 is 2.76 bits per heavy atom. The SMILES string of the molecule is CNC(Cc1c(C)cccc1[N+](=O)[O-])C1CC1. The molecule has 1 N–H and O–H groups in total. The van der Waals surface area contributed by atoms with Crippen LogP contribution in [0.4, 0.5) is 5.69 Å². The molecule has 1 aliphatic rings. The van der Waals surface area contributed by atoms with Gasteiger partial charge in [0.1, 0.15) is 0 Å². The zero-order chi connectivity index (χ0) is 12.4. The lowest BCUT2D eigenvalue weighted by Crippen LogP contribution is -2.30. The molecule has 4 nitrogen and oxygen atoms in total. The van der Waals surface area contributed by atoms with Gasteiger partial charge in [0.05, 0.1) is 4.92 Å². The molecule has 1 atom stereocenters. The van der Waals surface area contributed by atoms with Gasteiger partial charge in [-0.1, -0.05) is 12.1 Å². The Balaban J connectivity index is 2.26. The summed E-state index contributed by atoms with van der Waals surface area (Å²) in [6.45, 7) is 1.95. The van der Waals surface area contributed by atoms with E-state index in [1.807, 2.05) is 20.0 Å². The molecule has 1 aliphatic carbocycles. The van der Waals surface area contributed by atoms with Crippen molar-refractivity contribution >= 4 is 5.69 Å². The zero-order valence-electron chi connectivity index (χ0n) is 10.3. The molecule has 0 amide bonds. The summed E-state index contributed by atoms with van der Waals surface area (Å²) in [7, 11) is 1.94. The quantitative estimate of drug-likeness (QED) is 0.629. The number of benzene rings is 1. The molecule has 0 heterocycles. The van der Waals surface area contributed by atoms with Gasteiger partial charge >= 0.3 is 0 Å². The predicted octanol–water partition coefficient (Wildman–Crippen LogP) is 2.44. The number of nitrogens with zero attached hydrogens (tertiary/aromatic N) is 1. The monoisotopic (exact) mass is 234 g/mol. The molecule has 1 fully saturated rings. The first-order valence-electron chi connectivity index (χ1n) is 6.03. The van der Waals surface area contributed by atoms with E-state index in [9.17, 15) is 10.1 Å². The molecular formula is C13H18N2O2. The Morgan fingerprint density at radius 1 is 1.53 bits per heavy atom. The summed E-state index contributed by atoms with van der Waals surface area (Å²) in [5, 5.41) is 14.3. The third kappa shape index (κ3) is 2.64. The van der Waals surface area contributed by atoms with Crippen LogP contribution in [0.5, 0.6) is 0 Å². The molecule has 1 saturated carbocycles. The topological polar surface area (TPSA) is 55.2 Å². The van der Waals surface area contributed by atoms with Gasteiger partial charge in [0, 0.05) is 17.7 Å². The summed E-state index contributed by atoms with van der Waals surface area (Å²) >= 11 is 0. The molecule has 1 aromatic carbocycles. The van der Waals surface area contributed by atoms with Crippen molar-refractivity contribution in [3.8, 4) is 0 Å². The highest BCUT2D eigenvalue weighted by Crippen LogP contribution is 2.35. The van der Waals surface area contributed by atoms with Crippen LogP contribution in [-0.4, -0.2) is 18.0 Å². The summed E-state index contributed by atoms with van der Waals surface area (Å²) in [5.74, 6) is 0.694. The summed E-state index contributed by atoms with van der Waals surface area (Å²) < 4.78 is 0. The van der Waals surface area contributed by atoms with Gasteiger partial charge in [0.15, 0.2) is 0 Å². The Kier molecular flexibility index (Phi) is 3.43. The third-order valence-corrected chi connectivity index (χ3v) is 3.57. The lowest BCUT2D eigenvalue weighted by Gasteiger charge is -2.16. The van der Waals surface area contributed by atoms with Gasteiger partial charge in [-0.25, -0.2) is 0 Å². The molecule has 1 unspecified atom stereocenters. The van der Waals surface area contributed by atoms with Crippen LogP contribution in [0, 0.1) is 23.0 Å². The van der Waals surface area contributed by atoms with Crippen molar-refractivity contribution in [1.82, 2.24) is 5.32 Å². The second-order valence-electron chi connectivity index (χ2n) is 4.77. The van der Waals surface area contributed by atoms with Crippen LogP contribution in [0.25, 0.3) is 0 Å². The molecule has 1 aromatic rings. The Bertz CT molecular complexity index is 427. The smallest absolute Gasteiger partial charge is 0.272 e. The van der Waals surface area contributed by atoms with Gasteiger partial charge < -0.3 is 5.32 Å². The van der Waals surface area contributed by atoms with Crippen LogP contribution >= 0.6 is 0 Å². The summed E-state index contributed by atoms with van der Waals surface area (Å²) in [6, 6.07) is 5.67. The highest BCUT2D eigenvalue weighted by molar-refractivity contribution is 5.45. The van der Waals surface area contributed by atoms with Crippen molar-refractivity contribution in [3.05, 3.63) is 39.4 Å². The number of rotatable bonds is 5. The molecule has 92 valence electrons. The van der Waals surface area contributed by atoms with E-state index in [0.29, 0.717) is 12.0 Å². The second-order valence-corrected chi connectivity index (χ2v) is 4.77. The van der Waals surface area contributed by atoms with Crippen molar-refractivity contribution in [3.63, 3.8) is 0 Å². The molecule has 4 heteroatoms. The van der Waals surface area contributed by atoms with Gasteiger partial charge in [0.25, 0.3) is 5.69 Å². The lowest BCUT2D eigenvalue weighted by atomic mass is 9.97. The van der Waals surface area contributed by atoms with Crippen LogP contribution in [0.1, 0.15) is 24.0 Å². The maximum atomic E-state index is 11.0. The average Bonchev–Trinajstić information content (AvgIpc) is 3.11. The molecule has 0 spiro atoms. The van der Waals surface area contributed by atoms with Gasteiger partial charge in [-0.05, 0) is 44.7 Å². The standard InChI is InChI=1S/C13H18N2O2/c1-9-4-3-5-13(15(16)17)11(9)8-12(14-2)10-6-7-10/h3-5,10,12,14H,6-8H2,1-2H3. The van der Waals surface area contributed by atoms with Crippen molar-refractivity contribution in [1.29, 1.82) is 0 Å². The molecule has 2 rings (SSSR count). The minimum Gasteiger partial charge on any atom is -0.316 e. The number of nitro benzene ring substituents is 1. The first-order chi connectivity index (χ1) is 8.13. The third-order valence-electron chi connectivity index (χ3n) is 3.57. The number of likely N-dealkylation sites (N-methyl/N-ethyl adjacent to an activating group) is 1. The number of hydrogen-bond acceptors (Lipinski definition) is 3. The van der Waals surface area contributed by atoms with Gasteiger partial charge in [0.2, 0.25) is 0 Å². The minimum atomic E-state index is -0.276. The summed E-state index contributed by atoms with van der Waals surface area (Å²) in [4.78, 5) is 10.7. The first kappa shape index (κ1) is 12.0. The fraction of sp³-hybridized carbons (Fsp3) is 0.538. The Hall–Kier alpha value is -1.42. The molecular weight excluding hydrogens is 216 g/mol. The molecule has 0 saturated heterocycles. The highest BCUT2D eigenvalue weighted by atomic mass is 16.6. The van der Waals surface area contributed by atoms with E-state index in [-0.39, 0.29) is 10.6 Å². The largest absolute Gasteiger partial charge is 0.316 e. The van der Waals surface area contributed by atoms with E-state index >= 15 is 0 Å². The van der Waals surface area contributed by atoms with Crippen LogP contribution in [0.2, 0.25) is 0 Å². The number of nitrogens with one attached hydrogen (secondary N) is 1. The first-order valence-corrected chi connectivity index (χ1v) is 6.03. The summed E-state index contributed by atoms with van der Waals surface area (Å²) in [5.41, 5.74) is 2.15. The fourth-order valence-corrected chi connectivity index (χ4v) is 2.35. The predicted molar refractivity (Wildman–Crippen MR) is 67.1 cm³/mol. The number of nitro groups is 1. The van der Waals surface area contributed by atoms with Crippen molar-refractivity contribution < 1.29 is 4.92 Å². The lowest BCUT2D eigenvalue weighted by molar-refractivity contribution is -0.385. The average molecular weight is 234 g/mol. The van der Waals surface area contributed by atoms with E-state index in [4.69, 9.17) is 0 Å². The van der Waals surface area contributed by atoms with Crippen LogP contribution < -0.4 is 5.32 Å². The Labute approximate surface area is 101 Å². The molecule has 0 bridgehead atoms. The van der Waals surface area contributed by atoms with Crippen molar-refractivity contribution in [2.75, 3.05) is 7.05 Å². The van der Waals surface area contributed by atoms with E-state index < -0.39 is 0 Å². The number of hydrogen-bond donors (Lipinski definition) is 1. The van der Waals surface area contributed by atoms with Crippen LogP contribution in [0.15, 0.2) is 18.2 Å². The van der Waals surface area contributed by atoms with E-state index in [2.05, 4.69) is 5.32 Å². The molecule has 0 radical (unpaired) electrons. The Morgan fingerprint density at radius 2 is 2.24 bits per heavy atom. The molecule has 0 aromatic heterocycles. The van der Waals surface area contributed by atoms with Gasteiger partial charge in [-0.3, -0.25) is 10.1 Å². The maximum absolute atomic E-state index is 11.0. The molecule has 17 heavy (non-hydrogen) atoms. The zero-order valence-corrected chi connectivity index (χ0v) is 10.3. The molecule has 0 aliphatic heterocycles. The fourth-order valence-electron chi connectivity index (χ4n) is 2.35.